The topological polar surface area (TPSA) is 0 Å². The summed E-state index contributed by atoms with van der Waals surface area (Å²) in [4.78, 5) is 0. The molecule has 1 rings (SSSR count). The number of rotatable bonds is 24. The van der Waals surface area contributed by atoms with Gasteiger partial charge in [-0.25, -0.2) is 0 Å². The Balaban J connectivity index is 2.41. The Bertz CT molecular complexity index is 422. The van der Waals surface area contributed by atoms with Gasteiger partial charge >= 0.3 is 0 Å². The fraction of sp³-hybridized carbons (Fsp3) is 1.00. The van der Waals surface area contributed by atoms with Crippen LogP contribution in [-0.4, -0.2) is 74.4 Å². The minimum atomic E-state index is 0.489. The highest BCUT2D eigenvalue weighted by Crippen LogP contribution is 2.47. The number of hydrogen-bond donors (Lipinski definition) is 5. The molecule has 0 aliphatic carbocycles. The summed E-state index contributed by atoms with van der Waals surface area (Å²) in [5, 5.41) is 8.90. The minimum absolute atomic E-state index is 0.489. The molecule has 18 heteroatoms. The van der Waals surface area contributed by atoms with Crippen LogP contribution in [0.25, 0.3) is 0 Å². The number of hydrogen-bond acceptors (Lipinski definition) is 18. The molecule has 1 aliphatic rings. The molecule has 198 valence electrons. The van der Waals surface area contributed by atoms with E-state index in [4.69, 9.17) is 0 Å². The molecule has 0 aromatic carbocycles. The number of thioether (sulfide) groups is 11. The Morgan fingerprint density at radius 3 is 1.33 bits per heavy atom. The largest absolute Gasteiger partial charge is 0.168 e. The van der Waals surface area contributed by atoms with E-state index in [2.05, 4.69) is 122 Å². The molecule has 0 spiro atoms. The fourth-order valence-corrected chi connectivity index (χ4v) is 24.2. The third-order valence-corrected chi connectivity index (χ3v) is 25.2. The molecule has 0 aromatic heterocycles. The monoisotopic (exact) mass is 786 g/mol. The maximum Gasteiger partial charge on any atom is 0.0729 e. The second kappa shape index (κ2) is 27.2. The van der Waals surface area contributed by atoms with E-state index in [1.54, 1.807) is 0 Å². The van der Waals surface area contributed by atoms with Crippen LogP contribution >= 0.6 is 214 Å². The zero-order valence-electron chi connectivity index (χ0n) is 17.5. The fourth-order valence-electron chi connectivity index (χ4n) is 1.96. The first-order chi connectivity index (χ1) is 16.2. The molecule has 0 radical (unpaired) electrons. The van der Waals surface area contributed by atoms with E-state index in [1.807, 2.05) is 92.2 Å². The third-order valence-electron chi connectivity index (χ3n) is 3.36. The lowest BCUT2D eigenvalue weighted by Crippen LogP contribution is -2.17. The first kappa shape index (κ1) is 37.3. The molecule has 0 saturated carbocycles. The van der Waals surface area contributed by atoms with E-state index in [-0.39, 0.29) is 0 Å². The van der Waals surface area contributed by atoms with Gasteiger partial charge in [-0.05, 0) is 0 Å². The van der Waals surface area contributed by atoms with Gasteiger partial charge in [-0.15, -0.1) is 129 Å². The van der Waals surface area contributed by atoms with Gasteiger partial charge < -0.3 is 0 Å². The zero-order chi connectivity index (χ0) is 24.2. The zero-order valence-corrected chi connectivity index (χ0v) is 32.6. The highest BCUT2D eigenvalue weighted by molar-refractivity contribution is 8.79. The lowest BCUT2D eigenvalue weighted by atomic mass is 10.9. The summed E-state index contributed by atoms with van der Waals surface area (Å²) in [5.74, 6) is 1.29. The van der Waals surface area contributed by atoms with Crippen molar-refractivity contribution in [2.75, 3.05) is 51.5 Å². The van der Waals surface area contributed by atoms with E-state index in [1.165, 1.54) is 15.9 Å². The van der Waals surface area contributed by atoms with Crippen LogP contribution in [0.4, 0.5) is 0 Å². The molecule has 0 amide bonds. The standard InChI is InChI=1S/C15H30S18/c16-2-22-12(23-3-17)13(24-4-18)29-9-30-14(25-5-19)15(26-6-20)31-10-33-32-7-21-1-11-27-8-28-11/h11-20H,1-10H2. The second-order valence-corrected chi connectivity index (χ2v) is 26.9. The molecule has 1 heterocycles. The van der Waals surface area contributed by atoms with Gasteiger partial charge in [-0.3, -0.25) is 0 Å². The number of thiol groups is 5. The van der Waals surface area contributed by atoms with Crippen molar-refractivity contribution in [1.29, 1.82) is 0 Å². The predicted octanol–water partition coefficient (Wildman–Crippen LogP) is 10.3. The van der Waals surface area contributed by atoms with E-state index in [9.17, 15) is 0 Å². The normalized spacial score (nSPS) is 17.3. The highest BCUT2D eigenvalue weighted by Gasteiger charge is 2.26. The van der Waals surface area contributed by atoms with Gasteiger partial charge in [-0.1, -0.05) is 21.6 Å². The molecule has 1 aliphatic heterocycles. The summed E-state index contributed by atoms with van der Waals surface area (Å²) in [6.45, 7) is 0. The van der Waals surface area contributed by atoms with E-state index in [0.717, 1.165) is 40.2 Å². The van der Waals surface area contributed by atoms with Gasteiger partial charge in [0.15, 0.2) is 0 Å². The van der Waals surface area contributed by atoms with Gasteiger partial charge in [0, 0.05) is 46.4 Å². The SMILES string of the molecule is SCSC(SCS)C(SCS)SCSC(SCS)C(SCS)SCSSCSCC1SCS1. The maximum atomic E-state index is 4.54. The Morgan fingerprint density at radius 1 is 0.545 bits per heavy atom. The molecule has 3 atom stereocenters. The van der Waals surface area contributed by atoms with Gasteiger partial charge in [-0.2, -0.15) is 63.1 Å². The summed E-state index contributed by atoms with van der Waals surface area (Å²) >= 11 is 44.5. The Morgan fingerprint density at radius 2 is 0.939 bits per heavy atom. The van der Waals surface area contributed by atoms with Crippen molar-refractivity contribution in [3.63, 3.8) is 0 Å². The Kier molecular flexibility index (Phi) is 30.7. The minimum Gasteiger partial charge on any atom is -0.168 e. The average molecular weight is 788 g/mol. The molecule has 0 N–H and O–H groups in total. The van der Waals surface area contributed by atoms with Crippen LogP contribution in [0.15, 0.2) is 0 Å². The summed E-state index contributed by atoms with van der Waals surface area (Å²) in [6, 6.07) is 0. The molecule has 0 bridgehead atoms. The van der Waals surface area contributed by atoms with Crippen LogP contribution in [0.2, 0.25) is 0 Å². The summed E-state index contributed by atoms with van der Waals surface area (Å²) < 4.78 is 2.87. The lowest BCUT2D eigenvalue weighted by Gasteiger charge is -2.27. The van der Waals surface area contributed by atoms with Crippen molar-refractivity contribution in [3.8, 4) is 0 Å². The quantitative estimate of drug-likeness (QED) is 0.0273. The molecular formula is C15H30S18. The van der Waals surface area contributed by atoms with Crippen LogP contribution in [0.3, 0.4) is 0 Å². The molecular weight excluding hydrogens is 757 g/mol. The lowest BCUT2D eigenvalue weighted by molar-refractivity contribution is 1.35. The van der Waals surface area contributed by atoms with Gasteiger partial charge in [0.25, 0.3) is 0 Å². The predicted molar refractivity (Wildman–Crippen MR) is 211 cm³/mol. The van der Waals surface area contributed by atoms with Crippen molar-refractivity contribution in [1.82, 2.24) is 0 Å². The average Bonchev–Trinajstić information content (AvgIpc) is 2.77. The first-order valence-electron chi connectivity index (χ1n) is 9.22. The molecule has 3 unspecified atom stereocenters. The van der Waals surface area contributed by atoms with Crippen LogP contribution in [0.5, 0.6) is 0 Å². The maximum absolute atomic E-state index is 4.54. The van der Waals surface area contributed by atoms with E-state index < -0.39 is 0 Å². The smallest absolute Gasteiger partial charge is 0.0729 e. The molecule has 33 heavy (non-hydrogen) atoms. The summed E-state index contributed by atoms with van der Waals surface area (Å²) in [6.07, 6.45) is 0. The van der Waals surface area contributed by atoms with E-state index in [0.29, 0.717) is 18.3 Å². The third kappa shape index (κ3) is 19.2. The van der Waals surface area contributed by atoms with Gasteiger partial charge in [0.2, 0.25) is 0 Å². The van der Waals surface area contributed by atoms with Crippen LogP contribution in [-0.2, 0) is 0 Å². The first-order valence-corrected chi connectivity index (χ1v) is 26.5. The molecule has 1 fully saturated rings. The Labute approximate surface area is 284 Å². The summed E-state index contributed by atoms with van der Waals surface area (Å²) in [5.41, 5.74) is 0. The van der Waals surface area contributed by atoms with Crippen LogP contribution in [0.1, 0.15) is 0 Å². The van der Waals surface area contributed by atoms with Crippen LogP contribution < -0.4 is 0 Å². The Hall–Kier alpha value is 6.30. The van der Waals surface area contributed by atoms with Crippen molar-refractivity contribution < 1.29 is 0 Å². The van der Waals surface area contributed by atoms with Crippen molar-refractivity contribution in [3.05, 3.63) is 0 Å². The van der Waals surface area contributed by atoms with E-state index >= 15 is 0 Å². The second-order valence-electron chi connectivity index (χ2n) is 5.29. The summed E-state index contributed by atoms with van der Waals surface area (Å²) in [7, 11) is 4.01. The van der Waals surface area contributed by atoms with Crippen molar-refractivity contribution in [2.24, 2.45) is 0 Å². The highest BCUT2D eigenvalue weighted by atomic mass is 33.1. The van der Waals surface area contributed by atoms with Crippen molar-refractivity contribution in [2.45, 2.75) is 22.9 Å². The molecule has 1 saturated heterocycles. The molecule has 0 nitrogen and oxygen atoms in total. The van der Waals surface area contributed by atoms with Crippen molar-refractivity contribution >= 4 is 214 Å². The van der Waals surface area contributed by atoms with Gasteiger partial charge in [0.05, 0.1) is 28.0 Å². The van der Waals surface area contributed by atoms with Gasteiger partial charge in [0.1, 0.15) is 0 Å². The van der Waals surface area contributed by atoms with Crippen LogP contribution in [0, 0.1) is 0 Å². The molecule has 0 aromatic rings.